The summed E-state index contributed by atoms with van der Waals surface area (Å²) >= 11 is 0. The molecule has 5 atom stereocenters. The van der Waals surface area contributed by atoms with E-state index in [0.717, 1.165) is 58.2 Å². The zero-order chi connectivity index (χ0) is 18.5. The summed E-state index contributed by atoms with van der Waals surface area (Å²) in [5.74, 6) is 0. The van der Waals surface area contributed by atoms with Gasteiger partial charge in [-0.2, -0.15) is 0 Å². The van der Waals surface area contributed by atoms with Crippen LogP contribution in [0.25, 0.3) is 0 Å². The third kappa shape index (κ3) is 7.51. The molecule has 0 aromatic carbocycles. The first-order chi connectivity index (χ1) is 12.2. The summed E-state index contributed by atoms with van der Waals surface area (Å²) in [4.78, 5) is 0. The van der Waals surface area contributed by atoms with Crippen LogP contribution in [-0.2, 0) is 23.7 Å². The lowest BCUT2D eigenvalue weighted by Crippen LogP contribution is -2.60. The molecule has 150 valence electrons. The Morgan fingerprint density at radius 2 is 1.16 bits per heavy atom. The SMILES string of the molecule is CCCCOC1C(CC)OC(OC)C(OCCCC)C1OCCCC. The van der Waals surface area contributed by atoms with E-state index >= 15 is 0 Å². The Kier molecular flexibility index (Phi) is 12.7. The van der Waals surface area contributed by atoms with Gasteiger partial charge in [0.1, 0.15) is 18.3 Å². The first-order valence-electron chi connectivity index (χ1n) is 10.3. The van der Waals surface area contributed by atoms with E-state index in [0.29, 0.717) is 6.61 Å². The van der Waals surface area contributed by atoms with Gasteiger partial charge >= 0.3 is 0 Å². The average molecular weight is 361 g/mol. The van der Waals surface area contributed by atoms with Crippen molar-refractivity contribution in [1.29, 1.82) is 0 Å². The second kappa shape index (κ2) is 13.9. The summed E-state index contributed by atoms with van der Waals surface area (Å²) in [6, 6.07) is 0. The fraction of sp³-hybridized carbons (Fsp3) is 1.00. The van der Waals surface area contributed by atoms with Crippen molar-refractivity contribution in [3.8, 4) is 0 Å². The van der Waals surface area contributed by atoms with E-state index in [1.54, 1.807) is 7.11 Å². The van der Waals surface area contributed by atoms with E-state index in [4.69, 9.17) is 23.7 Å². The van der Waals surface area contributed by atoms with Crippen molar-refractivity contribution >= 4 is 0 Å². The Morgan fingerprint density at radius 1 is 0.680 bits per heavy atom. The van der Waals surface area contributed by atoms with Crippen molar-refractivity contribution in [2.45, 2.75) is 103 Å². The summed E-state index contributed by atoms with van der Waals surface area (Å²) < 4.78 is 30.4. The molecule has 1 saturated heterocycles. The molecule has 0 saturated carbocycles. The van der Waals surface area contributed by atoms with Crippen LogP contribution in [0.15, 0.2) is 0 Å². The minimum atomic E-state index is -0.403. The summed E-state index contributed by atoms with van der Waals surface area (Å²) in [7, 11) is 1.68. The predicted octanol–water partition coefficient (Wildman–Crippen LogP) is 4.32. The van der Waals surface area contributed by atoms with E-state index in [1.165, 1.54) is 0 Å². The van der Waals surface area contributed by atoms with E-state index in [9.17, 15) is 0 Å². The van der Waals surface area contributed by atoms with Gasteiger partial charge in [-0.3, -0.25) is 0 Å². The van der Waals surface area contributed by atoms with Crippen LogP contribution in [0.1, 0.15) is 72.6 Å². The normalized spacial score (nSPS) is 29.9. The van der Waals surface area contributed by atoms with Crippen LogP contribution in [0.2, 0.25) is 0 Å². The van der Waals surface area contributed by atoms with Gasteiger partial charge in [0.25, 0.3) is 0 Å². The quantitative estimate of drug-likeness (QED) is 0.432. The number of hydrogen-bond acceptors (Lipinski definition) is 5. The lowest BCUT2D eigenvalue weighted by Gasteiger charge is -2.45. The van der Waals surface area contributed by atoms with Crippen molar-refractivity contribution in [3.63, 3.8) is 0 Å². The van der Waals surface area contributed by atoms with Gasteiger partial charge in [-0.25, -0.2) is 0 Å². The van der Waals surface area contributed by atoms with Crippen LogP contribution in [0.5, 0.6) is 0 Å². The fourth-order valence-corrected chi connectivity index (χ4v) is 3.06. The maximum Gasteiger partial charge on any atom is 0.186 e. The van der Waals surface area contributed by atoms with Crippen LogP contribution in [0.3, 0.4) is 0 Å². The topological polar surface area (TPSA) is 46.2 Å². The molecule has 5 heteroatoms. The maximum atomic E-state index is 6.26. The highest BCUT2D eigenvalue weighted by molar-refractivity contribution is 4.92. The smallest absolute Gasteiger partial charge is 0.186 e. The van der Waals surface area contributed by atoms with Crippen LogP contribution >= 0.6 is 0 Å². The molecule has 0 aromatic rings. The fourth-order valence-electron chi connectivity index (χ4n) is 3.06. The molecule has 25 heavy (non-hydrogen) atoms. The second-order valence-electron chi connectivity index (χ2n) is 6.75. The highest BCUT2D eigenvalue weighted by Crippen LogP contribution is 2.30. The Morgan fingerprint density at radius 3 is 1.60 bits per heavy atom. The van der Waals surface area contributed by atoms with Gasteiger partial charge in [0.05, 0.1) is 6.10 Å². The van der Waals surface area contributed by atoms with Gasteiger partial charge in [0.2, 0.25) is 0 Å². The van der Waals surface area contributed by atoms with Crippen LogP contribution in [-0.4, -0.2) is 57.6 Å². The molecule has 0 aliphatic carbocycles. The molecule has 1 rings (SSSR count). The lowest BCUT2D eigenvalue weighted by molar-refractivity contribution is -0.313. The van der Waals surface area contributed by atoms with E-state index in [2.05, 4.69) is 27.7 Å². The highest BCUT2D eigenvalue weighted by atomic mass is 16.7. The lowest BCUT2D eigenvalue weighted by atomic mass is 9.96. The molecule has 1 aliphatic heterocycles. The maximum absolute atomic E-state index is 6.26. The number of hydrogen-bond donors (Lipinski definition) is 0. The van der Waals surface area contributed by atoms with Crippen molar-refractivity contribution in [2.24, 2.45) is 0 Å². The molecule has 1 heterocycles. The molecule has 0 amide bonds. The monoisotopic (exact) mass is 360 g/mol. The molecule has 5 nitrogen and oxygen atoms in total. The first-order valence-corrected chi connectivity index (χ1v) is 10.3. The van der Waals surface area contributed by atoms with Crippen molar-refractivity contribution in [1.82, 2.24) is 0 Å². The van der Waals surface area contributed by atoms with Crippen LogP contribution in [0.4, 0.5) is 0 Å². The second-order valence-corrected chi connectivity index (χ2v) is 6.75. The summed E-state index contributed by atoms with van der Waals surface area (Å²) in [6.45, 7) is 10.8. The zero-order valence-electron chi connectivity index (χ0n) is 17.0. The number of ether oxygens (including phenoxy) is 5. The van der Waals surface area contributed by atoms with Gasteiger partial charge in [0.15, 0.2) is 6.29 Å². The van der Waals surface area contributed by atoms with Gasteiger partial charge < -0.3 is 23.7 Å². The zero-order valence-corrected chi connectivity index (χ0v) is 17.0. The van der Waals surface area contributed by atoms with E-state index in [1.807, 2.05) is 0 Å². The van der Waals surface area contributed by atoms with E-state index < -0.39 is 6.29 Å². The van der Waals surface area contributed by atoms with Crippen molar-refractivity contribution in [3.05, 3.63) is 0 Å². The number of rotatable bonds is 14. The summed E-state index contributed by atoms with van der Waals surface area (Å²) in [5, 5.41) is 0. The molecule has 5 unspecified atom stereocenters. The Balaban J connectivity index is 2.87. The van der Waals surface area contributed by atoms with Crippen LogP contribution in [0, 0.1) is 0 Å². The molecular weight excluding hydrogens is 320 g/mol. The first kappa shape index (κ1) is 22.8. The molecule has 0 spiro atoms. The molecule has 0 radical (unpaired) electrons. The van der Waals surface area contributed by atoms with Crippen LogP contribution < -0.4 is 0 Å². The third-order valence-electron chi connectivity index (χ3n) is 4.65. The number of unbranched alkanes of at least 4 members (excludes halogenated alkanes) is 3. The van der Waals surface area contributed by atoms with Gasteiger partial charge in [0, 0.05) is 26.9 Å². The molecule has 0 aromatic heterocycles. The summed E-state index contributed by atoms with van der Waals surface area (Å²) in [5.41, 5.74) is 0. The average Bonchev–Trinajstić information content (AvgIpc) is 2.63. The molecule has 1 fully saturated rings. The Hall–Kier alpha value is -0.200. The standard InChI is InChI=1S/C20H40O5/c1-6-10-13-22-17-16(9-4)25-20(21-5)19(24-15-12-8-3)18(17)23-14-11-7-2/h16-20H,6-15H2,1-5H3. The minimum Gasteiger partial charge on any atom is -0.373 e. The largest absolute Gasteiger partial charge is 0.373 e. The Labute approximate surface area is 154 Å². The van der Waals surface area contributed by atoms with Crippen molar-refractivity contribution < 1.29 is 23.7 Å². The summed E-state index contributed by atoms with van der Waals surface area (Å²) in [6.07, 6.45) is 6.36. The molecular formula is C20H40O5. The van der Waals surface area contributed by atoms with Gasteiger partial charge in [-0.15, -0.1) is 0 Å². The van der Waals surface area contributed by atoms with Crippen molar-refractivity contribution in [2.75, 3.05) is 26.9 Å². The molecule has 1 aliphatic rings. The van der Waals surface area contributed by atoms with Gasteiger partial charge in [-0.1, -0.05) is 47.0 Å². The molecule has 0 N–H and O–H groups in total. The number of methoxy groups -OCH3 is 1. The van der Waals surface area contributed by atoms with Gasteiger partial charge in [-0.05, 0) is 25.7 Å². The third-order valence-corrected chi connectivity index (χ3v) is 4.65. The highest BCUT2D eigenvalue weighted by Gasteiger charge is 2.47. The minimum absolute atomic E-state index is 0.0283. The van der Waals surface area contributed by atoms with E-state index in [-0.39, 0.29) is 24.4 Å². The molecule has 0 bridgehead atoms. The Bertz CT molecular complexity index is 288. The predicted molar refractivity (Wildman–Crippen MR) is 99.9 cm³/mol.